The van der Waals surface area contributed by atoms with Crippen LogP contribution in [0.25, 0.3) is 10.9 Å². The van der Waals surface area contributed by atoms with Crippen molar-refractivity contribution in [3.05, 3.63) is 35.8 Å². The molecular formula is C16H21FN2. The average Bonchev–Trinajstić information content (AvgIpc) is 2.35. The van der Waals surface area contributed by atoms with Gasteiger partial charge in [-0.25, -0.2) is 9.37 Å². The average molecular weight is 260 g/mol. The lowest BCUT2D eigenvalue weighted by molar-refractivity contribution is 0.569. The van der Waals surface area contributed by atoms with Crippen LogP contribution in [0.2, 0.25) is 0 Å². The summed E-state index contributed by atoms with van der Waals surface area (Å²) in [4.78, 5) is 4.50. The van der Waals surface area contributed by atoms with Crippen molar-refractivity contribution in [1.29, 1.82) is 0 Å². The molecule has 102 valence electrons. The Morgan fingerprint density at radius 3 is 2.63 bits per heavy atom. The van der Waals surface area contributed by atoms with Gasteiger partial charge in [-0.1, -0.05) is 39.8 Å². The van der Waals surface area contributed by atoms with E-state index >= 15 is 0 Å². The van der Waals surface area contributed by atoms with Crippen LogP contribution >= 0.6 is 0 Å². The number of halogens is 1. The molecule has 0 unspecified atom stereocenters. The summed E-state index contributed by atoms with van der Waals surface area (Å²) in [5.74, 6) is -0.261. The number of pyridine rings is 1. The zero-order valence-electron chi connectivity index (χ0n) is 12.0. The summed E-state index contributed by atoms with van der Waals surface area (Å²) >= 11 is 0. The molecule has 19 heavy (non-hydrogen) atoms. The second kappa shape index (κ2) is 5.16. The van der Waals surface area contributed by atoms with Crippen LogP contribution in [-0.4, -0.2) is 11.5 Å². The minimum Gasteiger partial charge on any atom is -0.384 e. The summed E-state index contributed by atoms with van der Waals surface area (Å²) in [6.07, 6.45) is 1.03. The monoisotopic (exact) mass is 260 g/mol. The van der Waals surface area contributed by atoms with Crippen molar-refractivity contribution < 1.29 is 4.39 Å². The predicted octanol–water partition coefficient (Wildman–Crippen LogP) is 4.49. The Balaban J connectivity index is 2.66. The number of nitrogens with one attached hydrogen (secondary N) is 1. The predicted molar refractivity (Wildman–Crippen MR) is 79.2 cm³/mol. The molecule has 1 aromatic heterocycles. The number of anilines is 1. The van der Waals surface area contributed by atoms with Gasteiger partial charge in [0.05, 0.1) is 0 Å². The first-order valence-electron chi connectivity index (χ1n) is 6.77. The van der Waals surface area contributed by atoms with Crippen LogP contribution in [-0.2, 0) is 5.41 Å². The first-order valence-corrected chi connectivity index (χ1v) is 6.77. The Morgan fingerprint density at radius 1 is 1.26 bits per heavy atom. The maximum absolute atomic E-state index is 14.0. The third-order valence-electron chi connectivity index (χ3n) is 3.12. The summed E-state index contributed by atoms with van der Waals surface area (Å²) in [5.41, 5.74) is 2.23. The third-order valence-corrected chi connectivity index (χ3v) is 3.12. The first-order chi connectivity index (χ1) is 8.93. The molecule has 2 aromatic rings. The highest BCUT2D eigenvalue weighted by Gasteiger charge is 2.18. The summed E-state index contributed by atoms with van der Waals surface area (Å²) < 4.78 is 14.0. The van der Waals surface area contributed by atoms with E-state index < -0.39 is 0 Å². The molecular weight excluding hydrogens is 239 g/mol. The van der Waals surface area contributed by atoms with Crippen LogP contribution < -0.4 is 5.32 Å². The molecule has 0 atom stereocenters. The molecule has 0 aliphatic carbocycles. The Labute approximate surface area is 114 Å². The molecule has 3 heteroatoms. The topological polar surface area (TPSA) is 24.9 Å². The lowest BCUT2D eigenvalue weighted by atomic mass is 9.90. The van der Waals surface area contributed by atoms with Crippen LogP contribution in [0.5, 0.6) is 0 Å². The Kier molecular flexibility index (Phi) is 3.74. The number of para-hydroxylation sites is 1. The van der Waals surface area contributed by atoms with Crippen LogP contribution in [0.15, 0.2) is 24.3 Å². The van der Waals surface area contributed by atoms with Gasteiger partial charge in [-0.15, -0.1) is 0 Å². The van der Waals surface area contributed by atoms with E-state index in [4.69, 9.17) is 0 Å². The molecule has 0 aliphatic rings. The number of hydrogen-bond donors (Lipinski definition) is 1. The summed E-state index contributed by atoms with van der Waals surface area (Å²) in [7, 11) is 0. The molecule has 0 saturated carbocycles. The van der Waals surface area contributed by atoms with Gasteiger partial charge >= 0.3 is 0 Å². The molecule has 2 rings (SSSR count). The number of aromatic nitrogens is 1. The molecule has 1 aromatic carbocycles. The molecule has 1 heterocycles. The number of nitrogens with zero attached hydrogens (tertiary/aromatic N) is 1. The fourth-order valence-electron chi connectivity index (χ4n) is 2.00. The van der Waals surface area contributed by atoms with Gasteiger partial charge in [-0.2, -0.15) is 0 Å². The number of fused-ring (bicyclic) bond motifs is 1. The van der Waals surface area contributed by atoms with Crippen molar-refractivity contribution in [3.8, 4) is 0 Å². The number of hydrogen-bond acceptors (Lipinski definition) is 2. The van der Waals surface area contributed by atoms with Crippen molar-refractivity contribution in [2.24, 2.45) is 0 Å². The van der Waals surface area contributed by atoms with E-state index in [0.717, 1.165) is 29.7 Å². The lowest BCUT2D eigenvalue weighted by Gasteiger charge is -2.20. The highest BCUT2D eigenvalue weighted by molar-refractivity contribution is 5.92. The first kappa shape index (κ1) is 13.8. The number of rotatable bonds is 3. The highest BCUT2D eigenvalue weighted by atomic mass is 19.1. The number of benzene rings is 1. The summed E-state index contributed by atoms with van der Waals surface area (Å²) in [6.45, 7) is 9.25. The second-order valence-electron chi connectivity index (χ2n) is 5.87. The lowest BCUT2D eigenvalue weighted by Crippen LogP contribution is -2.15. The molecule has 1 N–H and O–H groups in total. The van der Waals surface area contributed by atoms with Gasteiger partial charge in [0.15, 0.2) is 0 Å². The summed E-state index contributed by atoms with van der Waals surface area (Å²) in [5, 5.41) is 4.22. The van der Waals surface area contributed by atoms with Gasteiger partial charge in [0.1, 0.15) is 11.3 Å². The molecule has 0 bridgehead atoms. The Bertz CT molecular complexity index is 585. The second-order valence-corrected chi connectivity index (χ2v) is 5.87. The minimum absolute atomic E-state index is 0.0981. The Morgan fingerprint density at radius 2 is 2.00 bits per heavy atom. The zero-order chi connectivity index (χ0) is 14.0. The molecule has 2 nitrogen and oxygen atoms in total. The van der Waals surface area contributed by atoms with Crippen molar-refractivity contribution in [2.45, 2.75) is 39.5 Å². The van der Waals surface area contributed by atoms with Gasteiger partial charge in [-0.3, -0.25) is 0 Å². The Hall–Kier alpha value is -1.64. The fraction of sp³-hybridized carbons (Fsp3) is 0.438. The maximum Gasteiger partial charge on any atom is 0.149 e. The highest BCUT2D eigenvalue weighted by Crippen LogP contribution is 2.30. The van der Waals surface area contributed by atoms with Crippen LogP contribution in [0.3, 0.4) is 0 Å². The van der Waals surface area contributed by atoms with Crippen molar-refractivity contribution in [1.82, 2.24) is 4.98 Å². The maximum atomic E-state index is 14.0. The normalized spacial score (nSPS) is 11.8. The molecule has 0 radical (unpaired) electrons. The van der Waals surface area contributed by atoms with Gasteiger partial charge in [0.25, 0.3) is 0 Å². The van der Waals surface area contributed by atoms with Crippen LogP contribution in [0.1, 0.15) is 39.8 Å². The van der Waals surface area contributed by atoms with E-state index in [1.807, 2.05) is 12.1 Å². The van der Waals surface area contributed by atoms with E-state index in [-0.39, 0.29) is 11.2 Å². The van der Waals surface area contributed by atoms with Gasteiger partial charge in [0, 0.05) is 28.7 Å². The van der Waals surface area contributed by atoms with Crippen molar-refractivity contribution in [2.75, 3.05) is 11.9 Å². The molecule has 0 amide bonds. The van der Waals surface area contributed by atoms with Crippen LogP contribution in [0, 0.1) is 5.82 Å². The van der Waals surface area contributed by atoms with Crippen molar-refractivity contribution >= 4 is 16.6 Å². The van der Waals surface area contributed by atoms with E-state index in [1.54, 1.807) is 6.07 Å². The van der Waals surface area contributed by atoms with E-state index in [2.05, 4.69) is 38.0 Å². The van der Waals surface area contributed by atoms with Crippen molar-refractivity contribution in [3.63, 3.8) is 0 Å². The molecule has 0 spiro atoms. The zero-order valence-corrected chi connectivity index (χ0v) is 12.0. The SMILES string of the molecule is CCCNc1cc(C(C)(C)C)nc2c(F)cccc12. The van der Waals surface area contributed by atoms with Gasteiger partial charge in [0.2, 0.25) is 0 Å². The third kappa shape index (κ3) is 2.86. The molecule has 0 saturated heterocycles. The minimum atomic E-state index is -0.261. The quantitative estimate of drug-likeness (QED) is 0.879. The largest absolute Gasteiger partial charge is 0.384 e. The fourth-order valence-corrected chi connectivity index (χ4v) is 2.00. The van der Waals surface area contributed by atoms with E-state index in [0.29, 0.717) is 5.52 Å². The van der Waals surface area contributed by atoms with Gasteiger partial charge < -0.3 is 5.32 Å². The molecule has 0 fully saturated rings. The molecule has 0 aliphatic heterocycles. The van der Waals surface area contributed by atoms with E-state index in [9.17, 15) is 4.39 Å². The van der Waals surface area contributed by atoms with Crippen LogP contribution in [0.4, 0.5) is 10.1 Å². The standard InChI is InChI=1S/C16H21FN2/c1-5-9-18-13-10-14(16(2,3)4)19-15-11(13)7-6-8-12(15)17/h6-8,10H,5,9H2,1-4H3,(H,18,19). The van der Waals surface area contributed by atoms with Gasteiger partial charge in [-0.05, 0) is 18.6 Å². The van der Waals surface area contributed by atoms with E-state index in [1.165, 1.54) is 6.07 Å². The smallest absolute Gasteiger partial charge is 0.149 e. The summed E-state index contributed by atoms with van der Waals surface area (Å²) in [6, 6.07) is 7.14.